The summed E-state index contributed by atoms with van der Waals surface area (Å²) in [6.07, 6.45) is 1.38. The number of aryl methyl sites for hydroxylation is 1. The molecule has 0 atom stereocenters. The van der Waals surface area contributed by atoms with E-state index >= 15 is 0 Å². The molecule has 4 rings (SSSR count). The molecule has 1 aliphatic heterocycles. The van der Waals surface area contributed by atoms with Gasteiger partial charge in [-0.2, -0.15) is 26.9 Å². The SMILES string of the molecule is CC1=NN(c2ccc(S(=O)(=O)O)cc2)C(=O)C1=Cc1c(C)[nH]n(-c2ccc(S(=O)(=O)O)cc2)c1=O.[K].[K].[K]. The minimum absolute atomic E-state index is 0. The minimum atomic E-state index is -4.39. The Morgan fingerprint density at radius 3 is 1.68 bits per heavy atom. The molecule has 0 fully saturated rings. The molecule has 0 aliphatic carbocycles. The zero-order valence-corrected chi connectivity index (χ0v) is 32.2. The van der Waals surface area contributed by atoms with Gasteiger partial charge in [0.15, 0.2) is 0 Å². The van der Waals surface area contributed by atoms with Crippen LogP contribution in [0.1, 0.15) is 18.2 Å². The van der Waals surface area contributed by atoms with Crippen molar-refractivity contribution in [1.29, 1.82) is 0 Å². The maximum absolute atomic E-state index is 13.0. The molecule has 0 unspecified atom stereocenters. The van der Waals surface area contributed by atoms with Crippen molar-refractivity contribution in [1.82, 2.24) is 9.78 Å². The zero-order chi connectivity index (χ0) is 25.7. The van der Waals surface area contributed by atoms with Crippen LogP contribution in [-0.4, -0.2) is 201 Å². The zero-order valence-electron chi connectivity index (χ0n) is 21.2. The Morgan fingerprint density at radius 1 is 0.789 bits per heavy atom. The number of amides is 1. The topological polar surface area (TPSA) is 179 Å². The quantitative estimate of drug-likeness (QED) is 0.208. The molecule has 2 aromatic carbocycles. The summed E-state index contributed by atoms with van der Waals surface area (Å²) in [7, 11) is -8.78. The fourth-order valence-electron chi connectivity index (χ4n) is 3.44. The van der Waals surface area contributed by atoms with Gasteiger partial charge in [-0.15, -0.1) is 0 Å². The molecule has 185 valence electrons. The number of benzene rings is 2. The summed E-state index contributed by atoms with van der Waals surface area (Å²) in [6.45, 7) is 3.19. The van der Waals surface area contributed by atoms with Gasteiger partial charge in [-0.05, 0) is 68.5 Å². The van der Waals surface area contributed by atoms with Crippen LogP contribution in [0.15, 0.2) is 73.8 Å². The standard InChI is InChI=1S/C21H18N4O8S2.3K/c1-12-18(20(26)24(22-12)14-3-7-16(8-4-14)34(28,29)30)11-19-13(2)23-25(21(19)27)15-5-9-17(10-6-15)35(31,32)33;;;/h3-11,22H,1-2H3,(H,28,29,30)(H,31,32,33);;;. The molecule has 0 bridgehead atoms. The molecular formula is C21H18K3N4O8S2. The average molecular weight is 636 g/mol. The number of rotatable bonds is 5. The van der Waals surface area contributed by atoms with Gasteiger partial charge in [0.1, 0.15) is 0 Å². The van der Waals surface area contributed by atoms with Crippen molar-refractivity contribution >= 4 is 198 Å². The molecule has 0 saturated heterocycles. The summed E-state index contributed by atoms with van der Waals surface area (Å²) < 4.78 is 64.3. The van der Waals surface area contributed by atoms with E-state index in [0.29, 0.717) is 17.1 Å². The van der Waals surface area contributed by atoms with E-state index in [1.807, 2.05) is 0 Å². The maximum atomic E-state index is 13.0. The van der Waals surface area contributed by atoms with Gasteiger partial charge in [-0.1, -0.05) is 0 Å². The van der Waals surface area contributed by atoms with Crippen molar-refractivity contribution in [3.8, 4) is 5.69 Å². The molecule has 0 spiro atoms. The summed E-state index contributed by atoms with van der Waals surface area (Å²) in [4.78, 5) is 25.4. The molecule has 2 heterocycles. The fraction of sp³-hybridized carbons (Fsp3) is 0.0952. The number of hydrogen-bond donors (Lipinski definition) is 3. The number of nitrogens with one attached hydrogen (secondary N) is 1. The Balaban J connectivity index is 0.00000241. The Kier molecular flexibility index (Phi) is 14.1. The van der Waals surface area contributed by atoms with Gasteiger partial charge < -0.3 is 0 Å². The van der Waals surface area contributed by atoms with Crippen LogP contribution in [0.4, 0.5) is 5.69 Å². The summed E-state index contributed by atoms with van der Waals surface area (Å²) in [5.41, 5.74) is 1.11. The van der Waals surface area contributed by atoms with Crippen LogP contribution in [0.5, 0.6) is 0 Å². The van der Waals surface area contributed by atoms with E-state index in [1.165, 1.54) is 30.3 Å². The van der Waals surface area contributed by atoms with E-state index in [1.54, 1.807) is 13.8 Å². The second kappa shape index (κ2) is 14.5. The van der Waals surface area contributed by atoms with Crippen LogP contribution in [0.3, 0.4) is 0 Å². The van der Waals surface area contributed by atoms with Crippen LogP contribution in [0.25, 0.3) is 11.8 Å². The van der Waals surface area contributed by atoms with E-state index in [0.717, 1.165) is 34.0 Å². The number of hydrogen-bond acceptors (Lipinski definition) is 7. The van der Waals surface area contributed by atoms with Crippen molar-refractivity contribution in [2.24, 2.45) is 5.10 Å². The summed E-state index contributed by atoms with van der Waals surface area (Å²) >= 11 is 0. The molecule has 3 N–H and O–H groups in total. The summed E-state index contributed by atoms with van der Waals surface area (Å²) in [6, 6.07) is 9.85. The van der Waals surface area contributed by atoms with Crippen LogP contribution < -0.4 is 10.6 Å². The number of H-pyrrole nitrogens is 1. The van der Waals surface area contributed by atoms with Crippen molar-refractivity contribution in [2.45, 2.75) is 23.6 Å². The Hall–Kier alpha value is 1.06. The van der Waals surface area contributed by atoms with E-state index in [2.05, 4.69) is 10.2 Å². The number of carbonyl (C=O) groups is 1. The van der Waals surface area contributed by atoms with Crippen LogP contribution in [0, 0.1) is 6.92 Å². The first kappa shape index (κ1) is 37.1. The third-order valence-corrected chi connectivity index (χ3v) is 6.98. The van der Waals surface area contributed by atoms with Gasteiger partial charge in [-0.25, -0.2) is 4.68 Å². The number of carbonyl (C=O) groups excluding carboxylic acids is 1. The molecule has 12 nitrogen and oxygen atoms in total. The molecule has 0 saturated carbocycles. The van der Waals surface area contributed by atoms with Gasteiger partial charge in [0, 0.05) is 160 Å². The predicted molar refractivity (Wildman–Crippen MR) is 143 cm³/mol. The van der Waals surface area contributed by atoms with Crippen LogP contribution >= 0.6 is 0 Å². The molecule has 17 heteroatoms. The predicted octanol–water partition coefficient (Wildman–Crippen LogP) is 0.631. The molecule has 1 aromatic heterocycles. The third-order valence-electron chi connectivity index (χ3n) is 5.24. The van der Waals surface area contributed by atoms with Crippen LogP contribution in [0.2, 0.25) is 0 Å². The first-order valence-corrected chi connectivity index (χ1v) is 12.7. The third kappa shape index (κ3) is 8.11. The van der Waals surface area contributed by atoms with E-state index in [-0.39, 0.29) is 181 Å². The van der Waals surface area contributed by atoms with Crippen molar-refractivity contribution in [2.75, 3.05) is 5.01 Å². The summed E-state index contributed by atoms with van der Waals surface area (Å²) in [5.74, 6) is -0.550. The monoisotopic (exact) mass is 635 g/mol. The van der Waals surface area contributed by atoms with Gasteiger partial charge in [-0.3, -0.25) is 23.8 Å². The van der Waals surface area contributed by atoms with Gasteiger partial charge in [0.05, 0.1) is 38.0 Å². The van der Waals surface area contributed by atoms with Crippen molar-refractivity contribution in [3.05, 3.63) is 75.7 Å². The summed E-state index contributed by atoms with van der Waals surface area (Å²) in [5, 5.41) is 8.09. The molecule has 3 radical (unpaired) electrons. The molecule has 1 aliphatic rings. The number of anilines is 1. The van der Waals surface area contributed by atoms with E-state index in [9.17, 15) is 26.4 Å². The number of hydrazone groups is 1. The minimum Gasteiger partial charge on any atom is -0.295 e. The van der Waals surface area contributed by atoms with Gasteiger partial charge in [0.2, 0.25) is 0 Å². The average Bonchev–Trinajstić information content (AvgIpc) is 3.23. The normalized spacial score (nSPS) is 14.4. The van der Waals surface area contributed by atoms with Gasteiger partial charge >= 0.3 is 0 Å². The van der Waals surface area contributed by atoms with Gasteiger partial charge in [0.25, 0.3) is 31.7 Å². The molecule has 38 heavy (non-hydrogen) atoms. The second-order valence-electron chi connectivity index (χ2n) is 7.59. The number of aromatic nitrogens is 2. The molecular weight excluding hydrogens is 618 g/mol. The second-order valence-corrected chi connectivity index (χ2v) is 10.4. The fourth-order valence-corrected chi connectivity index (χ4v) is 4.40. The smallest absolute Gasteiger partial charge is 0.294 e. The Labute approximate surface area is 346 Å². The molecule has 1 amide bonds. The van der Waals surface area contributed by atoms with Crippen molar-refractivity contribution in [3.63, 3.8) is 0 Å². The number of nitrogens with zero attached hydrogens (tertiary/aromatic N) is 3. The molecule has 3 aromatic rings. The van der Waals surface area contributed by atoms with E-state index < -0.39 is 31.7 Å². The van der Waals surface area contributed by atoms with Crippen molar-refractivity contribution < 1.29 is 30.7 Å². The Morgan fingerprint density at radius 2 is 1.24 bits per heavy atom. The Bertz CT molecular complexity index is 1690. The largest absolute Gasteiger partial charge is 0.295 e. The van der Waals surface area contributed by atoms with Crippen LogP contribution in [-0.2, 0) is 25.0 Å². The first-order chi connectivity index (χ1) is 16.3. The maximum Gasteiger partial charge on any atom is 0.294 e. The van der Waals surface area contributed by atoms with E-state index in [4.69, 9.17) is 9.11 Å². The first-order valence-electron chi connectivity index (χ1n) is 9.86. The number of aromatic amines is 1.